The molecule has 0 unspecified atom stereocenters. The minimum Gasteiger partial charge on any atom is -0.395 e. The molecule has 0 atom stereocenters. The van der Waals surface area contributed by atoms with Gasteiger partial charge >= 0.3 is 0 Å². The van der Waals surface area contributed by atoms with Crippen molar-refractivity contribution < 1.29 is 14.6 Å². The Bertz CT molecular complexity index is 474. The normalized spacial score (nSPS) is 9.70. The van der Waals surface area contributed by atoms with E-state index in [2.05, 4.69) is 17.2 Å². The smallest absolute Gasteiger partial charge is 0.251 e. The third kappa shape index (κ3) is 6.37. The average Bonchev–Trinajstić information content (AvgIpc) is 2.47. The van der Waals surface area contributed by atoms with Gasteiger partial charge in [-0.3, -0.25) is 4.79 Å². The van der Waals surface area contributed by atoms with E-state index in [1.54, 1.807) is 18.2 Å². The second-order valence-corrected chi connectivity index (χ2v) is 4.16. The topological polar surface area (TPSA) is 58.6 Å². The van der Waals surface area contributed by atoms with E-state index in [1.165, 1.54) is 0 Å². The fourth-order valence-corrected chi connectivity index (χ4v) is 1.58. The molecule has 0 heterocycles. The van der Waals surface area contributed by atoms with Gasteiger partial charge in [0.1, 0.15) is 0 Å². The van der Waals surface area contributed by atoms with Gasteiger partial charge in [-0.2, -0.15) is 0 Å². The van der Waals surface area contributed by atoms with Crippen molar-refractivity contribution in [3.05, 3.63) is 35.4 Å². The van der Waals surface area contributed by atoms with Crippen molar-refractivity contribution in [2.24, 2.45) is 0 Å². The van der Waals surface area contributed by atoms with Crippen molar-refractivity contribution >= 4 is 5.91 Å². The highest BCUT2D eigenvalue weighted by molar-refractivity contribution is 5.94. The molecule has 0 saturated carbocycles. The Morgan fingerprint density at radius 1 is 1.45 bits per heavy atom. The highest BCUT2D eigenvalue weighted by Gasteiger charge is 2.04. The number of rotatable bonds is 7. The first-order valence-electron chi connectivity index (χ1n) is 6.83. The summed E-state index contributed by atoms with van der Waals surface area (Å²) in [6, 6.07) is 7.16. The van der Waals surface area contributed by atoms with Crippen LogP contribution in [0.5, 0.6) is 0 Å². The molecule has 1 rings (SSSR count). The molecule has 0 aromatic heterocycles. The van der Waals surface area contributed by atoms with Crippen molar-refractivity contribution in [3.8, 4) is 11.8 Å². The molecule has 1 aromatic rings. The molecule has 4 heteroatoms. The van der Waals surface area contributed by atoms with Crippen molar-refractivity contribution in [3.63, 3.8) is 0 Å². The number of aliphatic hydroxyl groups is 1. The first-order chi connectivity index (χ1) is 9.77. The lowest BCUT2D eigenvalue weighted by atomic mass is 10.1. The van der Waals surface area contributed by atoms with Crippen LogP contribution in [-0.2, 0) is 4.74 Å². The van der Waals surface area contributed by atoms with E-state index in [1.807, 2.05) is 13.0 Å². The van der Waals surface area contributed by atoms with E-state index >= 15 is 0 Å². The standard InChI is InChI=1S/C16H21NO3/c1-2-20-12-6-10-17-16(19)15-9-5-8-14(13-15)7-3-4-11-18/h5,8-9,13,18H,2,4,6,10-12H2,1H3,(H,17,19). The molecule has 1 amide bonds. The average molecular weight is 275 g/mol. The Morgan fingerprint density at radius 3 is 3.05 bits per heavy atom. The predicted octanol–water partition coefficient (Wildman–Crippen LogP) is 1.58. The third-order valence-electron chi connectivity index (χ3n) is 2.55. The molecule has 20 heavy (non-hydrogen) atoms. The number of nitrogens with one attached hydrogen (secondary N) is 1. The molecule has 0 aliphatic carbocycles. The van der Waals surface area contributed by atoms with Crippen LogP contribution in [0.3, 0.4) is 0 Å². The van der Waals surface area contributed by atoms with Crippen LogP contribution < -0.4 is 5.32 Å². The highest BCUT2D eigenvalue weighted by atomic mass is 16.5. The number of amides is 1. The van der Waals surface area contributed by atoms with E-state index in [0.717, 1.165) is 12.0 Å². The van der Waals surface area contributed by atoms with Gasteiger partial charge < -0.3 is 15.2 Å². The summed E-state index contributed by atoms with van der Waals surface area (Å²) in [7, 11) is 0. The van der Waals surface area contributed by atoms with Gasteiger partial charge in [0.15, 0.2) is 0 Å². The molecule has 1 aromatic carbocycles. The largest absolute Gasteiger partial charge is 0.395 e. The molecule has 0 spiro atoms. The molecule has 0 saturated heterocycles. The second-order valence-electron chi connectivity index (χ2n) is 4.16. The van der Waals surface area contributed by atoms with Crippen LogP contribution in [0.4, 0.5) is 0 Å². The number of aliphatic hydroxyl groups excluding tert-OH is 1. The maximum absolute atomic E-state index is 11.9. The first kappa shape index (κ1) is 16.2. The number of hydrogen-bond acceptors (Lipinski definition) is 3. The van der Waals surface area contributed by atoms with Crippen LogP contribution >= 0.6 is 0 Å². The lowest BCUT2D eigenvalue weighted by Crippen LogP contribution is -2.25. The zero-order valence-electron chi connectivity index (χ0n) is 11.8. The van der Waals surface area contributed by atoms with Crippen molar-refractivity contribution in [1.29, 1.82) is 0 Å². The molecule has 2 N–H and O–H groups in total. The van der Waals surface area contributed by atoms with E-state index in [9.17, 15) is 4.79 Å². The fourth-order valence-electron chi connectivity index (χ4n) is 1.58. The quantitative estimate of drug-likeness (QED) is 0.587. The summed E-state index contributed by atoms with van der Waals surface area (Å²) >= 11 is 0. The van der Waals surface area contributed by atoms with E-state index in [4.69, 9.17) is 9.84 Å². The SMILES string of the molecule is CCOCCCNC(=O)c1cccc(C#CCCO)c1. The number of hydrogen-bond donors (Lipinski definition) is 2. The molecule has 0 aliphatic heterocycles. The number of ether oxygens (including phenoxy) is 1. The third-order valence-corrected chi connectivity index (χ3v) is 2.55. The highest BCUT2D eigenvalue weighted by Crippen LogP contribution is 2.04. The summed E-state index contributed by atoms with van der Waals surface area (Å²) in [6.45, 7) is 3.94. The van der Waals surface area contributed by atoms with Gasteiger partial charge in [0.25, 0.3) is 5.91 Å². The summed E-state index contributed by atoms with van der Waals surface area (Å²) in [6.07, 6.45) is 1.24. The lowest BCUT2D eigenvalue weighted by Gasteiger charge is -2.05. The Labute approximate surface area is 120 Å². The predicted molar refractivity (Wildman–Crippen MR) is 78.5 cm³/mol. The van der Waals surface area contributed by atoms with E-state index in [-0.39, 0.29) is 12.5 Å². The zero-order chi connectivity index (χ0) is 14.6. The van der Waals surface area contributed by atoms with Crippen LogP contribution in [0.2, 0.25) is 0 Å². The van der Waals surface area contributed by atoms with Gasteiger partial charge in [0.05, 0.1) is 6.61 Å². The second kappa shape index (κ2) is 10.0. The van der Waals surface area contributed by atoms with Gasteiger partial charge in [-0.25, -0.2) is 0 Å². The summed E-state index contributed by atoms with van der Waals surface area (Å²) in [4.78, 5) is 11.9. The summed E-state index contributed by atoms with van der Waals surface area (Å²) < 4.78 is 5.21. The maximum atomic E-state index is 11.9. The van der Waals surface area contributed by atoms with Crippen LogP contribution in [0.1, 0.15) is 35.7 Å². The van der Waals surface area contributed by atoms with Crippen LogP contribution in [0.15, 0.2) is 24.3 Å². The van der Waals surface area contributed by atoms with Gasteiger partial charge in [-0.1, -0.05) is 17.9 Å². The Kier molecular flexibility index (Phi) is 8.13. The van der Waals surface area contributed by atoms with Crippen molar-refractivity contribution in [2.45, 2.75) is 19.8 Å². The molecule has 0 radical (unpaired) electrons. The first-order valence-corrected chi connectivity index (χ1v) is 6.83. The molecular formula is C16H21NO3. The fraction of sp³-hybridized carbons (Fsp3) is 0.438. The molecule has 0 fully saturated rings. The van der Waals surface area contributed by atoms with Crippen LogP contribution in [0, 0.1) is 11.8 Å². The number of benzene rings is 1. The minimum absolute atomic E-state index is 0.0486. The van der Waals surface area contributed by atoms with E-state index in [0.29, 0.717) is 31.7 Å². The van der Waals surface area contributed by atoms with Gasteiger partial charge in [0.2, 0.25) is 0 Å². The Hall–Kier alpha value is -1.83. The molecule has 0 bridgehead atoms. The van der Waals surface area contributed by atoms with Crippen LogP contribution in [0.25, 0.3) is 0 Å². The van der Waals surface area contributed by atoms with Gasteiger partial charge in [-0.15, -0.1) is 0 Å². The summed E-state index contributed by atoms with van der Waals surface area (Å²) in [5, 5.41) is 11.5. The molecule has 4 nitrogen and oxygen atoms in total. The molecular weight excluding hydrogens is 254 g/mol. The molecule has 0 aliphatic rings. The summed E-state index contributed by atoms with van der Waals surface area (Å²) in [5.74, 6) is 5.65. The maximum Gasteiger partial charge on any atom is 0.251 e. The zero-order valence-corrected chi connectivity index (χ0v) is 11.8. The number of carbonyl (C=O) groups is 1. The Balaban J connectivity index is 2.48. The van der Waals surface area contributed by atoms with Crippen LogP contribution in [-0.4, -0.2) is 37.4 Å². The van der Waals surface area contributed by atoms with E-state index < -0.39 is 0 Å². The monoisotopic (exact) mass is 275 g/mol. The summed E-state index contributed by atoms with van der Waals surface area (Å²) in [5.41, 5.74) is 1.37. The van der Waals surface area contributed by atoms with Crippen molar-refractivity contribution in [2.75, 3.05) is 26.4 Å². The molecule has 108 valence electrons. The Morgan fingerprint density at radius 2 is 2.30 bits per heavy atom. The number of carbonyl (C=O) groups excluding carboxylic acids is 1. The van der Waals surface area contributed by atoms with Gasteiger partial charge in [-0.05, 0) is 31.5 Å². The minimum atomic E-state index is -0.104. The van der Waals surface area contributed by atoms with Gasteiger partial charge in [0, 0.05) is 37.3 Å². The lowest BCUT2D eigenvalue weighted by molar-refractivity contribution is 0.0944. The van der Waals surface area contributed by atoms with Crippen molar-refractivity contribution in [1.82, 2.24) is 5.32 Å².